The quantitative estimate of drug-likeness (QED) is 0.224. The molecule has 0 unspecified atom stereocenters. The summed E-state index contributed by atoms with van der Waals surface area (Å²) in [6, 6.07) is 0. The van der Waals surface area contributed by atoms with Crippen molar-refractivity contribution >= 4 is 18.9 Å². The normalized spacial score (nSPS) is 25.2. The van der Waals surface area contributed by atoms with Gasteiger partial charge in [-0.05, 0) is 0 Å². The summed E-state index contributed by atoms with van der Waals surface area (Å²) in [5.41, 5.74) is 3.45. The Morgan fingerprint density at radius 1 is 0.577 bits per heavy atom. The van der Waals surface area contributed by atoms with E-state index in [4.69, 9.17) is 0 Å². The zero-order valence-corrected chi connectivity index (χ0v) is 18.6. The predicted octanol–water partition coefficient (Wildman–Crippen LogP) is 7.34. The molecular weight excluding hydrogens is 447 g/mol. The zero-order valence-electron chi connectivity index (χ0n) is 15.9. The van der Waals surface area contributed by atoms with Crippen LogP contribution in [0.15, 0.2) is 0 Å². The van der Waals surface area contributed by atoms with Crippen LogP contribution in [0, 0.1) is 0 Å². The number of rotatable bonds is 4. The van der Waals surface area contributed by atoms with E-state index in [1.165, 1.54) is 19.3 Å². The van der Waals surface area contributed by atoms with Crippen LogP contribution in [0.4, 0.5) is 17.3 Å². The summed E-state index contributed by atoms with van der Waals surface area (Å²) >= 11 is 3.07. The first-order valence-corrected chi connectivity index (χ1v) is 14.0. The van der Waals surface area contributed by atoms with Gasteiger partial charge < -0.3 is 17.3 Å². The van der Waals surface area contributed by atoms with Crippen LogP contribution in [-0.4, -0.2) is 28.6 Å². The zero-order chi connectivity index (χ0) is 19.0. The minimum atomic E-state index is -6.00. The van der Waals surface area contributed by atoms with Gasteiger partial charge in [0.1, 0.15) is 0 Å². The van der Waals surface area contributed by atoms with Crippen LogP contribution in [0.3, 0.4) is 0 Å². The molecule has 7 heteroatoms. The van der Waals surface area contributed by atoms with E-state index in [-0.39, 0.29) is 0 Å². The molecule has 0 spiro atoms. The van der Waals surface area contributed by atoms with Crippen molar-refractivity contribution in [3.63, 3.8) is 0 Å². The molecule has 0 saturated heterocycles. The van der Waals surface area contributed by atoms with Gasteiger partial charge in [0.25, 0.3) is 0 Å². The van der Waals surface area contributed by atoms with Crippen LogP contribution in [0.2, 0.25) is 0 Å². The monoisotopic (exact) mass is 483 g/mol. The maximum atomic E-state index is 9.75. The Hall–Kier alpha value is 0.708. The second-order valence-corrected chi connectivity index (χ2v) is 14.8. The van der Waals surface area contributed by atoms with Gasteiger partial charge in [0.2, 0.25) is 0 Å². The van der Waals surface area contributed by atoms with Gasteiger partial charge >= 0.3 is 150 Å². The first-order valence-electron chi connectivity index (χ1n) is 10.7. The van der Waals surface area contributed by atoms with E-state index in [1.54, 1.807) is 77.0 Å². The summed E-state index contributed by atoms with van der Waals surface area (Å²) in [6.45, 7) is 0. The Kier molecular flexibility index (Phi) is 9.76. The molecule has 3 rings (SSSR count). The molecule has 0 aliphatic heterocycles. The van der Waals surface area contributed by atoms with Crippen molar-refractivity contribution in [2.75, 3.05) is 0 Å². The molecule has 155 valence electrons. The van der Waals surface area contributed by atoms with E-state index in [2.05, 4.69) is 22.2 Å². The summed E-state index contributed by atoms with van der Waals surface area (Å²) < 4.78 is 41.8. The van der Waals surface area contributed by atoms with Gasteiger partial charge in [-0.25, -0.2) is 0 Å². The molecule has 0 N–H and O–H groups in total. The fourth-order valence-electron chi connectivity index (χ4n) is 6.06. The van der Waals surface area contributed by atoms with Gasteiger partial charge in [-0.3, -0.25) is 0 Å². The molecule has 3 fully saturated rings. The molecule has 0 bridgehead atoms. The Morgan fingerprint density at radius 2 is 0.808 bits per heavy atom. The summed E-state index contributed by atoms with van der Waals surface area (Å²) in [4.78, 5) is 0. The van der Waals surface area contributed by atoms with Crippen molar-refractivity contribution in [1.29, 1.82) is 0 Å². The molecular formula is C19H35BF4PRu. The SMILES string of the molecule is F[B-](F)(F)F.[Ru+]=[CH][PH](C1CCCCC1)(C1CCCCC1)C1CCCCC1. The molecule has 0 aromatic rings. The molecule has 0 nitrogen and oxygen atoms in total. The molecule has 0 heterocycles. The minimum absolute atomic E-state index is 1.15. The third kappa shape index (κ3) is 6.65. The van der Waals surface area contributed by atoms with Crippen LogP contribution in [-0.2, 0) is 17.9 Å². The van der Waals surface area contributed by atoms with E-state index < -0.39 is 14.5 Å². The van der Waals surface area contributed by atoms with Crippen LogP contribution >= 0.6 is 7.26 Å². The van der Waals surface area contributed by atoms with Crippen molar-refractivity contribution < 1.29 is 35.1 Å². The summed E-state index contributed by atoms with van der Waals surface area (Å²) in [7, 11) is -7.22. The molecule has 0 aromatic heterocycles. The Labute approximate surface area is 167 Å². The van der Waals surface area contributed by atoms with Gasteiger partial charge in [0.15, 0.2) is 0 Å². The van der Waals surface area contributed by atoms with Gasteiger partial charge in [-0.15, -0.1) is 0 Å². The maximum absolute atomic E-state index is 9.75. The molecule has 3 saturated carbocycles. The van der Waals surface area contributed by atoms with E-state index in [1.807, 2.05) is 0 Å². The summed E-state index contributed by atoms with van der Waals surface area (Å²) in [5, 5.41) is 0. The van der Waals surface area contributed by atoms with Gasteiger partial charge in [-0.1, -0.05) is 0 Å². The molecule has 0 radical (unpaired) electrons. The summed E-state index contributed by atoms with van der Waals surface area (Å²) in [6.07, 6.45) is 23.3. The standard InChI is InChI=1S/C19H35P.BF4.Ru/c1-20(17-11-5-2-6-12-17,18-13-7-3-8-14-18)19-15-9-4-10-16-19;2-1(3,4)5;/h1,17-20H,2-16H2;;/q;-1;+1. The first kappa shape index (κ1) is 23.0. The number of hydrogen-bond acceptors (Lipinski definition) is 0. The van der Waals surface area contributed by atoms with Crippen molar-refractivity contribution in [3.05, 3.63) is 0 Å². The first-order chi connectivity index (χ1) is 12.4. The second kappa shape index (κ2) is 11.0. The topological polar surface area (TPSA) is 0 Å². The molecule has 26 heavy (non-hydrogen) atoms. The Bertz CT molecular complexity index is 363. The van der Waals surface area contributed by atoms with Crippen LogP contribution in [0.25, 0.3) is 0 Å². The Morgan fingerprint density at radius 3 is 1.00 bits per heavy atom. The van der Waals surface area contributed by atoms with Crippen molar-refractivity contribution in [2.45, 2.75) is 113 Å². The van der Waals surface area contributed by atoms with E-state index >= 15 is 0 Å². The number of halogens is 4. The van der Waals surface area contributed by atoms with Crippen molar-refractivity contribution in [3.8, 4) is 0 Å². The molecule has 0 aromatic carbocycles. The third-order valence-electron chi connectivity index (χ3n) is 7.11. The predicted molar refractivity (Wildman–Crippen MR) is 105 cm³/mol. The Balaban J connectivity index is 0.000000431. The van der Waals surface area contributed by atoms with E-state index in [0.29, 0.717) is 0 Å². The van der Waals surface area contributed by atoms with Crippen LogP contribution < -0.4 is 0 Å². The fraction of sp³-hybridized carbons (Fsp3) is 0.947. The molecule has 3 aliphatic carbocycles. The molecule has 3 aliphatic rings. The van der Waals surface area contributed by atoms with Crippen LogP contribution in [0.5, 0.6) is 0 Å². The van der Waals surface area contributed by atoms with Gasteiger partial charge in [0.05, 0.1) is 0 Å². The van der Waals surface area contributed by atoms with E-state index in [9.17, 15) is 17.3 Å². The van der Waals surface area contributed by atoms with Gasteiger partial charge in [-0.2, -0.15) is 0 Å². The van der Waals surface area contributed by atoms with E-state index in [0.717, 1.165) is 17.0 Å². The average Bonchev–Trinajstić information content (AvgIpc) is 2.64. The van der Waals surface area contributed by atoms with Crippen LogP contribution in [0.1, 0.15) is 96.3 Å². The second-order valence-electron chi connectivity index (χ2n) is 8.60. The summed E-state index contributed by atoms with van der Waals surface area (Å²) in [5.74, 6) is 0. The van der Waals surface area contributed by atoms with Crippen molar-refractivity contribution in [2.24, 2.45) is 0 Å². The third-order valence-corrected chi connectivity index (χ3v) is 16.0. The van der Waals surface area contributed by atoms with Crippen molar-refractivity contribution in [1.82, 2.24) is 0 Å². The molecule has 0 amide bonds. The number of hydrogen-bond donors (Lipinski definition) is 0. The fourth-order valence-corrected chi connectivity index (χ4v) is 16.5. The van der Waals surface area contributed by atoms with Gasteiger partial charge in [0, 0.05) is 0 Å². The average molecular weight is 482 g/mol. The molecule has 0 atom stereocenters.